The van der Waals surface area contributed by atoms with Crippen LogP contribution in [0.4, 0.5) is 4.39 Å². The van der Waals surface area contributed by atoms with E-state index < -0.39 is 0 Å². The summed E-state index contributed by atoms with van der Waals surface area (Å²) in [5.74, 6) is -0.375. The Hall–Kier alpha value is -1.56. The quantitative estimate of drug-likeness (QED) is 0.810. The molecule has 0 aliphatic carbocycles. The van der Waals surface area contributed by atoms with Gasteiger partial charge in [0, 0.05) is 10.9 Å². The maximum atomic E-state index is 13.1. The lowest BCUT2D eigenvalue weighted by molar-refractivity contribution is 0.0982. The fourth-order valence-electron chi connectivity index (χ4n) is 1.85. The molecule has 2 rings (SSSR count). The second-order valence-electron chi connectivity index (χ2n) is 4.02. The first-order valence-corrected chi connectivity index (χ1v) is 6.81. The fourth-order valence-corrected chi connectivity index (χ4v) is 2.37. The van der Waals surface area contributed by atoms with Crippen LogP contribution in [0, 0.1) is 5.82 Å². The molecule has 0 fully saturated rings. The van der Waals surface area contributed by atoms with Crippen LogP contribution in [0.25, 0.3) is 5.69 Å². The Morgan fingerprint density at radius 1 is 1.42 bits per heavy atom. The third-order valence-corrected chi connectivity index (χ3v) is 3.46. The topological polar surface area (TPSA) is 47.8 Å². The molecule has 0 saturated carbocycles. The molecule has 1 heterocycles. The van der Waals surface area contributed by atoms with Crippen molar-refractivity contribution in [1.29, 1.82) is 0 Å². The van der Waals surface area contributed by atoms with E-state index in [0.29, 0.717) is 28.7 Å². The monoisotopic (exact) mass is 325 g/mol. The summed E-state index contributed by atoms with van der Waals surface area (Å²) in [7, 11) is 0. The molecule has 0 atom stereocenters. The third-order valence-electron chi connectivity index (χ3n) is 2.82. The number of hydrogen-bond acceptors (Lipinski definition) is 3. The number of nitrogens with zero attached hydrogens (tertiary/aromatic N) is 3. The molecule has 0 spiro atoms. The van der Waals surface area contributed by atoms with Crippen LogP contribution in [-0.2, 0) is 6.42 Å². The molecular weight excluding hydrogens is 313 g/mol. The van der Waals surface area contributed by atoms with Gasteiger partial charge in [-0.2, -0.15) is 0 Å². The van der Waals surface area contributed by atoms with Gasteiger partial charge in [-0.25, -0.2) is 9.07 Å². The number of benzene rings is 1. The Morgan fingerprint density at radius 3 is 2.74 bits per heavy atom. The van der Waals surface area contributed by atoms with Crippen LogP contribution in [0.3, 0.4) is 0 Å². The van der Waals surface area contributed by atoms with E-state index in [9.17, 15) is 9.18 Å². The number of ketones is 1. The number of carbonyl (C=O) groups excluding carboxylic acids is 1. The van der Waals surface area contributed by atoms with Crippen molar-refractivity contribution in [3.8, 4) is 5.69 Å². The van der Waals surface area contributed by atoms with Crippen LogP contribution >= 0.6 is 15.9 Å². The molecule has 100 valence electrons. The number of hydrogen-bond donors (Lipinski definition) is 0. The van der Waals surface area contributed by atoms with Gasteiger partial charge < -0.3 is 0 Å². The maximum Gasteiger partial charge on any atom is 0.184 e. The van der Waals surface area contributed by atoms with Gasteiger partial charge in [0.05, 0.1) is 11.4 Å². The average Bonchev–Trinajstić information content (AvgIpc) is 2.81. The zero-order chi connectivity index (χ0) is 14.0. The zero-order valence-electron chi connectivity index (χ0n) is 10.7. The van der Waals surface area contributed by atoms with Gasteiger partial charge in [-0.3, -0.25) is 4.79 Å². The molecule has 2 aromatic rings. The van der Waals surface area contributed by atoms with Crippen LogP contribution in [0.15, 0.2) is 22.7 Å². The predicted octanol–water partition coefficient (Wildman–Crippen LogP) is 3.32. The van der Waals surface area contributed by atoms with E-state index in [0.717, 1.165) is 5.69 Å². The highest BCUT2D eigenvalue weighted by Crippen LogP contribution is 2.24. The molecule has 1 aromatic carbocycles. The Morgan fingerprint density at radius 2 is 2.16 bits per heavy atom. The summed E-state index contributed by atoms with van der Waals surface area (Å²) >= 11 is 3.30. The van der Waals surface area contributed by atoms with Crippen molar-refractivity contribution >= 4 is 21.7 Å². The molecule has 6 heteroatoms. The number of aromatic nitrogens is 3. The summed E-state index contributed by atoms with van der Waals surface area (Å²) < 4.78 is 15.3. The van der Waals surface area contributed by atoms with Gasteiger partial charge in [-0.15, -0.1) is 5.10 Å². The molecule has 0 bridgehead atoms. The van der Waals surface area contributed by atoms with Crippen LogP contribution < -0.4 is 0 Å². The minimum atomic E-state index is -0.335. The highest BCUT2D eigenvalue weighted by Gasteiger charge is 2.19. The van der Waals surface area contributed by atoms with Gasteiger partial charge in [-0.05, 0) is 40.5 Å². The van der Waals surface area contributed by atoms with Crippen molar-refractivity contribution in [1.82, 2.24) is 15.0 Å². The van der Waals surface area contributed by atoms with E-state index >= 15 is 0 Å². The van der Waals surface area contributed by atoms with Crippen molar-refractivity contribution in [2.24, 2.45) is 0 Å². The summed E-state index contributed by atoms with van der Waals surface area (Å²) in [6, 6.07) is 4.31. The number of rotatable bonds is 4. The van der Waals surface area contributed by atoms with E-state index in [1.807, 2.05) is 6.92 Å². The first-order chi connectivity index (χ1) is 9.08. The number of carbonyl (C=O) groups is 1. The van der Waals surface area contributed by atoms with Gasteiger partial charge in [-0.1, -0.05) is 19.1 Å². The van der Waals surface area contributed by atoms with Gasteiger partial charge in [0.25, 0.3) is 0 Å². The van der Waals surface area contributed by atoms with E-state index in [1.165, 1.54) is 12.1 Å². The molecular formula is C13H13BrFN3O. The van der Waals surface area contributed by atoms with Crippen molar-refractivity contribution in [2.45, 2.75) is 26.7 Å². The molecule has 19 heavy (non-hydrogen) atoms. The summed E-state index contributed by atoms with van der Waals surface area (Å²) in [6.45, 7) is 3.72. The first kappa shape index (κ1) is 13.9. The second kappa shape index (κ2) is 5.61. The Kier molecular flexibility index (Phi) is 4.09. The van der Waals surface area contributed by atoms with Crippen LogP contribution in [-0.4, -0.2) is 20.8 Å². The second-order valence-corrected chi connectivity index (χ2v) is 4.88. The molecule has 1 aromatic heterocycles. The van der Waals surface area contributed by atoms with Crippen molar-refractivity contribution in [3.05, 3.63) is 39.9 Å². The van der Waals surface area contributed by atoms with Crippen molar-refractivity contribution in [3.63, 3.8) is 0 Å². The predicted molar refractivity (Wildman–Crippen MR) is 73.0 cm³/mol. The lowest BCUT2D eigenvalue weighted by Crippen LogP contribution is -2.06. The highest BCUT2D eigenvalue weighted by molar-refractivity contribution is 9.10. The van der Waals surface area contributed by atoms with Gasteiger partial charge in [0.2, 0.25) is 0 Å². The number of halogens is 2. The molecule has 0 amide bonds. The third kappa shape index (κ3) is 2.58. The van der Waals surface area contributed by atoms with Crippen LogP contribution in [0.2, 0.25) is 0 Å². The smallest absolute Gasteiger partial charge is 0.184 e. The SMILES string of the molecule is CCC(=O)c1nnn(-c2ccc(F)cc2Br)c1CC. The summed E-state index contributed by atoms with van der Waals surface area (Å²) in [5.41, 5.74) is 1.79. The first-order valence-electron chi connectivity index (χ1n) is 6.01. The average molecular weight is 326 g/mol. The minimum Gasteiger partial charge on any atom is -0.292 e. The van der Waals surface area contributed by atoms with Gasteiger partial charge in [0.1, 0.15) is 5.82 Å². The largest absolute Gasteiger partial charge is 0.292 e. The lowest BCUT2D eigenvalue weighted by Gasteiger charge is -2.07. The van der Waals surface area contributed by atoms with E-state index in [1.54, 1.807) is 17.7 Å². The van der Waals surface area contributed by atoms with Gasteiger partial charge in [0.15, 0.2) is 11.5 Å². The summed E-state index contributed by atoms with van der Waals surface area (Å²) in [5, 5.41) is 7.96. The van der Waals surface area contributed by atoms with E-state index in [-0.39, 0.29) is 11.6 Å². The normalized spacial score (nSPS) is 10.7. The van der Waals surface area contributed by atoms with Crippen LogP contribution in [0.5, 0.6) is 0 Å². The standard InChI is InChI=1S/C13H13BrFN3O/c1-3-10-13(12(19)4-2)16-17-18(10)11-6-5-8(15)7-9(11)14/h5-7H,3-4H2,1-2H3. The zero-order valence-corrected chi connectivity index (χ0v) is 12.2. The summed E-state index contributed by atoms with van der Waals surface area (Å²) in [4.78, 5) is 11.8. The molecule has 0 radical (unpaired) electrons. The fraction of sp³-hybridized carbons (Fsp3) is 0.308. The maximum absolute atomic E-state index is 13.1. The van der Waals surface area contributed by atoms with E-state index in [2.05, 4.69) is 26.2 Å². The van der Waals surface area contributed by atoms with Crippen LogP contribution in [0.1, 0.15) is 36.5 Å². The molecule has 0 aliphatic rings. The molecule has 4 nitrogen and oxygen atoms in total. The van der Waals surface area contributed by atoms with Crippen molar-refractivity contribution in [2.75, 3.05) is 0 Å². The Labute approximate surface area is 118 Å². The summed E-state index contributed by atoms with van der Waals surface area (Å²) in [6.07, 6.45) is 1.01. The van der Waals surface area contributed by atoms with Crippen molar-refractivity contribution < 1.29 is 9.18 Å². The number of Topliss-reactive ketones (excluding diaryl/α,β-unsaturated/α-hetero) is 1. The molecule has 0 N–H and O–H groups in total. The lowest BCUT2D eigenvalue weighted by atomic mass is 10.1. The van der Waals surface area contributed by atoms with E-state index in [4.69, 9.17) is 0 Å². The minimum absolute atomic E-state index is 0.0404. The Bertz CT molecular complexity index is 624. The molecule has 0 saturated heterocycles. The Balaban J connectivity index is 2.57. The molecule has 0 aliphatic heterocycles. The highest BCUT2D eigenvalue weighted by atomic mass is 79.9. The molecule has 0 unspecified atom stereocenters. The van der Waals surface area contributed by atoms with Gasteiger partial charge >= 0.3 is 0 Å².